The van der Waals surface area contributed by atoms with Gasteiger partial charge in [-0.25, -0.2) is 0 Å². The number of allylic oxidation sites excluding steroid dienone is 3. The largest absolute Gasteiger partial charge is 0.342 e. The number of likely N-dealkylation sites (N-methyl/N-ethyl adjacent to an activating group) is 1. The Balaban J connectivity index is 2.39. The minimum absolute atomic E-state index is 0.0251. The Labute approximate surface area is 102 Å². The number of carbonyl (C=O) groups is 1. The summed E-state index contributed by atoms with van der Waals surface area (Å²) in [5.41, 5.74) is 1.19. The monoisotopic (exact) mass is 230 g/mol. The molecular weight excluding hydrogens is 212 g/mol. The normalized spacial score (nSPS) is 11.2. The molecule has 1 amide bonds. The fraction of sp³-hybridized carbons (Fsp3) is 0.286. The van der Waals surface area contributed by atoms with Gasteiger partial charge in [-0.15, -0.1) is 0 Å². The molecule has 1 aromatic heterocycles. The van der Waals surface area contributed by atoms with Crippen molar-refractivity contribution in [1.82, 2.24) is 9.88 Å². The van der Waals surface area contributed by atoms with E-state index < -0.39 is 0 Å². The van der Waals surface area contributed by atoms with Gasteiger partial charge in [0.25, 0.3) is 0 Å². The van der Waals surface area contributed by atoms with Crippen molar-refractivity contribution in [3.05, 3.63) is 54.4 Å². The molecule has 1 rings (SSSR count). The van der Waals surface area contributed by atoms with Crippen LogP contribution in [0.1, 0.15) is 12.5 Å². The second-order valence-corrected chi connectivity index (χ2v) is 3.75. The SMILES string of the molecule is C/C=C/C=C/C(=O)N(C)CCc1ccncc1. The Morgan fingerprint density at radius 3 is 2.71 bits per heavy atom. The molecule has 1 heterocycles. The summed E-state index contributed by atoms with van der Waals surface area (Å²) in [6.07, 6.45) is 11.4. The van der Waals surface area contributed by atoms with Gasteiger partial charge in [0.05, 0.1) is 0 Å². The van der Waals surface area contributed by atoms with Crippen molar-refractivity contribution in [2.75, 3.05) is 13.6 Å². The van der Waals surface area contributed by atoms with Crippen molar-refractivity contribution >= 4 is 5.91 Å². The molecule has 17 heavy (non-hydrogen) atoms. The maximum absolute atomic E-state index is 11.6. The zero-order valence-electron chi connectivity index (χ0n) is 10.3. The molecular formula is C14H18N2O. The van der Waals surface area contributed by atoms with Gasteiger partial charge < -0.3 is 4.90 Å². The lowest BCUT2D eigenvalue weighted by Crippen LogP contribution is -2.27. The van der Waals surface area contributed by atoms with Crippen molar-refractivity contribution in [2.24, 2.45) is 0 Å². The van der Waals surface area contributed by atoms with E-state index in [0.29, 0.717) is 6.54 Å². The highest BCUT2D eigenvalue weighted by Gasteiger charge is 2.03. The predicted octanol–water partition coefficient (Wildman–Crippen LogP) is 2.21. The second-order valence-electron chi connectivity index (χ2n) is 3.75. The summed E-state index contributed by atoms with van der Waals surface area (Å²) in [6, 6.07) is 3.93. The minimum atomic E-state index is 0.0251. The smallest absolute Gasteiger partial charge is 0.246 e. The Morgan fingerprint density at radius 1 is 1.35 bits per heavy atom. The Kier molecular flexibility index (Phi) is 5.72. The number of nitrogens with zero attached hydrogens (tertiary/aromatic N) is 2. The van der Waals surface area contributed by atoms with Crippen molar-refractivity contribution < 1.29 is 4.79 Å². The first-order valence-corrected chi connectivity index (χ1v) is 5.67. The lowest BCUT2D eigenvalue weighted by atomic mass is 10.2. The lowest BCUT2D eigenvalue weighted by molar-refractivity contribution is -0.124. The van der Waals surface area contributed by atoms with Crippen LogP contribution in [0.25, 0.3) is 0 Å². The van der Waals surface area contributed by atoms with Crippen LogP contribution in [0.3, 0.4) is 0 Å². The molecule has 90 valence electrons. The Hall–Kier alpha value is -1.90. The number of pyridine rings is 1. The van der Waals surface area contributed by atoms with E-state index in [2.05, 4.69) is 4.98 Å². The van der Waals surface area contributed by atoms with Gasteiger partial charge in [0.1, 0.15) is 0 Å². The fourth-order valence-corrected chi connectivity index (χ4v) is 1.33. The molecule has 3 heteroatoms. The van der Waals surface area contributed by atoms with Crippen LogP contribution < -0.4 is 0 Å². The van der Waals surface area contributed by atoms with Crippen LogP contribution in [0.5, 0.6) is 0 Å². The molecule has 0 saturated carbocycles. The lowest BCUT2D eigenvalue weighted by Gasteiger charge is -2.14. The van der Waals surface area contributed by atoms with Crippen LogP contribution in [-0.4, -0.2) is 29.4 Å². The number of aromatic nitrogens is 1. The Bertz CT molecular complexity index is 396. The molecule has 0 aliphatic rings. The standard InChI is InChI=1S/C14H18N2O/c1-3-4-5-6-14(17)16(2)12-9-13-7-10-15-11-8-13/h3-8,10-11H,9,12H2,1-2H3/b4-3+,6-5+. The van der Waals surface area contributed by atoms with Gasteiger partial charge in [-0.2, -0.15) is 0 Å². The number of hydrogen-bond donors (Lipinski definition) is 0. The summed E-state index contributed by atoms with van der Waals surface area (Å²) in [7, 11) is 1.81. The summed E-state index contributed by atoms with van der Waals surface area (Å²) >= 11 is 0. The quantitative estimate of drug-likeness (QED) is 0.574. The second kappa shape index (κ2) is 7.39. The van der Waals surface area contributed by atoms with E-state index in [1.54, 1.807) is 29.4 Å². The third kappa shape index (κ3) is 5.11. The molecule has 0 unspecified atom stereocenters. The molecule has 0 radical (unpaired) electrons. The molecule has 0 saturated heterocycles. The summed E-state index contributed by atoms with van der Waals surface area (Å²) in [4.78, 5) is 17.3. The van der Waals surface area contributed by atoms with Gasteiger partial charge in [-0.05, 0) is 31.0 Å². The number of amides is 1. The maximum Gasteiger partial charge on any atom is 0.246 e. The summed E-state index contributed by atoms with van der Waals surface area (Å²) < 4.78 is 0. The van der Waals surface area contributed by atoms with Crippen LogP contribution in [0.15, 0.2) is 48.8 Å². The maximum atomic E-state index is 11.6. The average Bonchev–Trinajstić information content (AvgIpc) is 2.37. The van der Waals surface area contributed by atoms with E-state index in [4.69, 9.17) is 0 Å². The molecule has 0 atom stereocenters. The van der Waals surface area contributed by atoms with Gasteiger partial charge in [-0.1, -0.05) is 18.2 Å². The first kappa shape index (κ1) is 13.2. The van der Waals surface area contributed by atoms with Gasteiger partial charge in [0, 0.05) is 32.1 Å². The summed E-state index contributed by atoms with van der Waals surface area (Å²) in [6.45, 7) is 2.63. The third-order valence-corrected chi connectivity index (χ3v) is 2.40. The highest BCUT2D eigenvalue weighted by Crippen LogP contribution is 1.99. The third-order valence-electron chi connectivity index (χ3n) is 2.40. The van der Waals surface area contributed by atoms with Crippen LogP contribution in [-0.2, 0) is 11.2 Å². The van der Waals surface area contributed by atoms with Gasteiger partial charge in [0.15, 0.2) is 0 Å². The Morgan fingerprint density at radius 2 is 2.06 bits per heavy atom. The van der Waals surface area contributed by atoms with E-state index in [0.717, 1.165) is 6.42 Å². The number of rotatable bonds is 5. The first-order chi connectivity index (χ1) is 8.24. The fourth-order valence-electron chi connectivity index (χ4n) is 1.33. The zero-order valence-corrected chi connectivity index (χ0v) is 10.3. The van der Waals surface area contributed by atoms with Crippen LogP contribution in [0, 0.1) is 0 Å². The van der Waals surface area contributed by atoms with Crippen LogP contribution >= 0.6 is 0 Å². The topological polar surface area (TPSA) is 33.2 Å². The van der Waals surface area contributed by atoms with Gasteiger partial charge in [-0.3, -0.25) is 9.78 Å². The van der Waals surface area contributed by atoms with E-state index in [1.807, 2.05) is 38.3 Å². The molecule has 0 aliphatic heterocycles. The summed E-state index contributed by atoms with van der Waals surface area (Å²) in [5, 5.41) is 0. The van der Waals surface area contributed by atoms with E-state index in [-0.39, 0.29) is 5.91 Å². The van der Waals surface area contributed by atoms with Crippen molar-refractivity contribution in [2.45, 2.75) is 13.3 Å². The molecule has 0 bridgehead atoms. The average molecular weight is 230 g/mol. The van der Waals surface area contributed by atoms with Crippen molar-refractivity contribution in [1.29, 1.82) is 0 Å². The molecule has 3 nitrogen and oxygen atoms in total. The van der Waals surface area contributed by atoms with E-state index in [1.165, 1.54) is 5.56 Å². The van der Waals surface area contributed by atoms with Gasteiger partial charge in [0.2, 0.25) is 5.91 Å². The number of hydrogen-bond acceptors (Lipinski definition) is 2. The highest BCUT2D eigenvalue weighted by molar-refractivity contribution is 5.87. The molecule has 0 spiro atoms. The van der Waals surface area contributed by atoms with Crippen molar-refractivity contribution in [3.63, 3.8) is 0 Å². The van der Waals surface area contributed by atoms with Crippen LogP contribution in [0.2, 0.25) is 0 Å². The minimum Gasteiger partial charge on any atom is -0.342 e. The van der Waals surface area contributed by atoms with E-state index in [9.17, 15) is 4.79 Å². The molecule has 0 aliphatic carbocycles. The predicted molar refractivity (Wildman–Crippen MR) is 69.5 cm³/mol. The molecule has 0 fully saturated rings. The first-order valence-electron chi connectivity index (χ1n) is 5.67. The van der Waals surface area contributed by atoms with Gasteiger partial charge >= 0.3 is 0 Å². The van der Waals surface area contributed by atoms with Crippen molar-refractivity contribution in [3.8, 4) is 0 Å². The molecule has 0 aromatic carbocycles. The highest BCUT2D eigenvalue weighted by atomic mass is 16.2. The molecule has 1 aromatic rings. The summed E-state index contributed by atoms with van der Waals surface area (Å²) in [5.74, 6) is 0.0251. The van der Waals surface area contributed by atoms with Crippen LogP contribution in [0.4, 0.5) is 0 Å². The number of carbonyl (C=O) groups excluding carboxylic acids is 1. The molecule has 0 N–H and O–H groups in total. The zero-order chi connectivity index (χ0) is 12.5. The van der Waals surface area contributed by atoms with E-state index >= 15 is 0 Å².